The molecule has 0 bridgehead atoms. The average Bonchev–Trinajstić information content (AvgIpc) is 2.38. The summed E-state index contributed by atoms with van der Waals surface area (Å²) in [6.07, 6.45) is 6.04. The highest BCUT2D eigenvalue weighted by atomic mass is 79.9. The van der Waals surface area contributed by atoms with Gasteiger partial charge < -0.3 is 9.64 Å². The molecule has 5 nitrogen and oxygen atoms in total. The van der Waals surface area contributed by atoms with E-state index in [-0.39, 0.29) is 12.1 Å². The van der Waals surface area contributed by atoms with Crippen LogP contribution in [-0.2, 0) is 9.53 Å². The molecule has 0 aliphatic carbocycles. The molecule has 2 heterocycles. The largest absolute Gasteiger partial charge is 0.463 e. The standard InChI is InChI=1S/C14H20BrN3O2/c1-10(2)20-13(19)6-11-4-3-5-18(9-11)14-16-7-12(15)8-17-14/h7-8,10-11H,3-6,9H2,1-2H3/t11-/m1/s1. The summed E-state index contributed by atoms with van der Waals surface area (Å²) in [6.45, 7) is 5.51. The summed E-state index contributed by atoms with van der Waals surface area (Å²) in [6, 6.07) is 0. The topological polar surface area (TPSA) is 55.3 Å². The zero-order valence-corrected chi connectivity index (χ0v) is 13.5. The molecular formula is C14H20BrN3O2. The fourth-order valence-electron chi connectivity index (χ4n) is 2.43. The molecule has 0 N–H and O–H groups in total. The lowest BCUT2D eigenvalue weighted by atomic mass is 9.95. The van der Waals surface area contributed by atoms with Crippen molar-refractivity contribution in [1.29, 1.82) is 0 Å². The molecule has 2 rings (SSSR count). The molecule has 1 aromatic rings. The molecule has 0 amide bonds. The number of nitrogens with zero attached hydrogens (tertiary/aromatic N) is 3. The Labute approximate surface area is 127 Å². The van der Waals surface area contributed by atoms with Crippen molar-refractivity contribution in [2.75, 3.05) is 18.0 Å². The minimum absolute atomic E-state index is 0.0444. The number of ether oxygens (including phenoxy) is 1. The number of carbonyl (C=O) groups excluding carboxylic acids is 1. The zero-order chi connectivity index (χ0) is 14.5. The molecule has 0 saturated carbocycles. The summed E-state index contributed by atoms with van der Waals surface area (Å²) in [5.74, 6) is 0.945. The van der Waals surface area contributed by atoms with Crippen molar-refractivity contribution < 1.29 is 9.53 Å². The Balaban J connectivity index is 1.91. The quantitative estimate of drug-likeness (QED) is 0.788. The van der Waals surface area contributed by atoms with Crippen molar-refractivity contribution in [2.45, 2.75) is 39.2 Å². The summed E-state index contributed by atoms with van der Waals surface area (Å²) in [4.78, 5) is 22.5. The molecule has 1 aliphatic heterocycles. The van der Waals surface area contributed by atoms with Crippen molar-refractivity contribution in [3.63, 3.8) is 0 Å². The summed E-state index contributed by atoms with van der Waals surface area (Å²) >= 11 is 3.33. The van der Waals surface area contributed by atoms with E-state index < -0.39 is 0 Å². The van der Waals surface area contributed by atoms with E-state index in [0.29, 0.717) is 12.3 Å². The molecule has 6 heteroatoms. The molecule has 1 atom stereocenters. The van der Waals surface area contributed by atoms with Crippen LogP contribution in [0.1, 0.15) is 33.1 Å². The van der Waals surface area contributed by atoms with Crippen molar-refractivity contribution in [3.05, 3.63) is 16.9 Å². The third-order valence-electron chi connectivity index (χ3n) is 3.23. The highest BCUT2D eigenvalue weighted by Crippen LogP contribution is 2.23. The lowest BCUT2D eigenvalue weighted by Crippen LogP contribution is -2.37. The summed E-state index contributed by atoms with van der Waals surface area (Å²) in [5.41, 5.74) is 0. The Morgan fingerprint density at radius 2 is 2.20 bits per heavy atom. The third-order valence-corrected chi connectivity index (χ3v) is 3.64. The monoisotopic (exact) mass is 341 g/mol. The Morgan fingerprint density at radius 1 is 1.50 bits per heavy atom. The number of aromatic nitrogens is 2. The number of halogens is 1. The predicted octanol–water partition coefficient (Wildman–Crippen LogP) is 2.80. The van der Waals surface area contributed by atoms with Gasteiger partial charge in [-0.2, -0.15) is 0 Å². The number of anilines is 1. The first kappa shape index (κ1) is 15.2. The Morgan fingerprint density at radius 3 is 2.85 bits per heavy atom. The van der Waals surface area contributed by atoms with Gasteiger partial charge in [0.15, 0.2) is 0 Å². The van der Waals surface area contributed by atoms with Crippen LogP contribution < -0.4 is 4.90 Å². The van der Waals surface area contributed by atoms with Crippen LogP contribution in [0.5, 0.6) is 0 Å². The first-order valence-corrected chi connectivity index (χ1v) is 7.76. The minimum Gasteiger partial charge on any atom is -0.463 e. The molecular weight excluding hydrogens is 322 g/mol. The fourth-order valence-corrected chi connectivity index (χ4v) is 2.63. The molecule has 1 aliphatic rings. The number of piperidine rings is 1. The second-order valence-corrected chi connectivity index (χ2v) is 6.31. The van der Waals surface area contributed by atoms with Crippen molar-refractivity contribution in [3.8, 4) is 0 Å². The number of esters is 1. The first-order valence-electron chi connectivity index (χ1n) is 6.96. The molecule has 1 saturated heterocycles. The van der Waals surface area contributed by atoms with Gasteiger partial charge >= 0.3 is 5.97 Å². The van der Waals surface area contributed by atoms with Crippen LogP contribution in [0.15, 0.2) is 16.9 Å². The van der Waals surface area contributed by atoms with Crippen LogP contribution in [0.4, 0.5) is 5.95 Å². The van der Waals surface area contributed by atoms with Crippen LogP contribution in [0.2, 0.25) is 0 Å². The second kappa shape index (κ2) is 7.02. The molecule has 0 radical (unpaired) electrons. The van der Waals surface area contributed by atoms with Gasteiger partial charge in [-0.05, 0) is 48.5 Å². The van der Waals surface area contributed by atoms with E-state index in [0.717, 1.165) is 36.4 Å². The maximum atomic E-state index is 11.7. The number of hydrogen-bond donors (Lipinski definition) is 0. The molecule has 0 spiro atoms. The van der Waals surface area contributed by atoms with Crippen molar-refractivity contribution in [2.24, 2.45) is 5.92 Å². The maximum Gasteiger partial charge on any atom is 0.306 e. The van der Waals surface area contributed by atoms with Gasteiger partial charge in [-0.25, -0.2) is 9.97 Å². The van der Waals surface area contributed by atoms with E-state index in [1.54, 1.807) is 12.4 Å². The van der Waals surface area contributed by atoms with E-state index >= 15 is 0 Å². The van der Waals surface area contributed by atoms with Crippen molar-refractivity contribution in [1.82, 2.24) is 9.97 Å². The van der Waals surface area contributed by atoms with Crippen LogP contribution >= 0.6 is 15.9 Å². The van der Waals surface area contributed by atoms with Gasteiger partial charge in [0.25, 0.3) is 0 Å². The van der Waals surface area contributed by atoms with Gasteiger partial charge in [0, 0.05) is 25.5 Å². The van der Waals surface area contributed by atoms with Gasteiger partial charge in [-0.15, -0.1) is 0 Å². The molecule has 20 heavy (non-hydrogen) atoms. The zero-order valence-electron chi connectivity index (χ0n) is 11.9. The average molecular weight is 342 g/mol. The van der Waals surface area contributed by atoms with E-state index in [1.807, 2.05) is 13.8 Å². The number of rotatable bonds is 4. The van der Waals surface area contributed by atoms with E-state index in [4.69, 9.17) is 4.74 Å². The Hall–Kier alpha value is -1.17. The third kappa shape index (κ3) is 4.44. The normalized spacial score (nSPS) is 19.2. The molecule has 110 valence electrons. The molecule has 1 aromatic heterocycles. The molecule has 0 unspecified atom stereocenters. The van der Waals surface area contributed by atoms with Gasteiger partial charge in [-0.3, -0.25) is 4.79 Å². The van der Waals surface area contributed by atoms with Gasteiger partial charge in [0.05, 0.1) is 17.0 Å². The fraction of sp³-hybridized carbons (Fsp3) is 0.643. The van der Waals surface area contributed by atoms with E-state index in [1.165, 1.54) is 0 Å². The highest BCUT2D eigenvalue weighted by molar-refractivity contribution is 9.10. The van der Waals surface area contributed by atoms with Crippen LogP contribution in [0.3, 0.4) is 0 Å². The first-order chi connectivity index (χ1) is 9.54. The number of hydrogen-bond acceptors (Lipinski definition) is 5. The highest BCUT2D eigenvalue weighted by Gasteiger charge is 2.24. The number of carbonyl (C=O) groups is 1. The SMILES string of the molecule is CC(C)OC(=O)C[C@H]1CCCN(c2ncc(Br)cn2)C1. The van der Waals surface area contributed by atoms with E-state index in [2.05, 4.69) is 30.8 Å². The Bertz CT molecular complexity index is 450. The summed E-state index contributed by atoms with van der Waals surface area (Å²) in [7, 11) is 0. The summed E-state index contributed by atoms with van der Waals surface area (Å²) < 4.78 is 6.09. The maximum absolute atomic E-state index is 11.7. The van der Waals surface area contributed by atoms with E-state index in [9.17, 15) is 4.79 Å². The molecule has 0 aromatic carbocycles. The van der Waals surface area contributed by atoms with Crippen LogP contribution in [0, 0.1) is 5.92 Å². The predicted molar refractivity (Wildman–Crippen MR) is 80.5 cm³/mol. The van der Waals surface area contributed by atoms with Crippen molar-refractivity contribution >= 4 is 27.8 Å². The smallest absolute Gasteiger partial charge is 0.306 e. The summed E-state index contributed by atoms with van der Waals surface area (Å²) in [5, 5.41) is 0. The lowest BCUT2D eigenvalue weighted by Gasteiger charge is -2.32. The Kier molecular flexibility index (Phi) is 5.34. The minimum atomic E-state index is -0.108. The van der Waals surface area contributed by atoms with Gasteiger partial charge in [-0.1, -0.05) is 0 Å². The lowest BCUT2D eigenvalue weighted by molar-refractivity contribution is -0.148. The van der Waals surface area contributed by atoms with Gasteiger partial charge in [0.1, 0.15) is 0 Å². The molecule has 1 fully saturated rings. The van der Waals surface area contributed by atoms with Crippen LogP contribution in [0.25, 0.3) is 0 Å². The van der Waals surface area contributed by atoms with Crippen LogP contribution in [-0.4, -0.2) is 35.1 Å². The second-order valence-electron chi connectivity index (χ2n) is 5.40. The van der Waals surface area contributed by atoms with Gasteiger partial charge in [0.2, 0.25) is 5.95 Å².